The molecule has 2 aromatic carbocycles. The highest BCUT2D eigenvalue weighted by Crippen LogP contribution is 2.22. The van der Waals surface area contributed by atoms with Crippen molar-refractivity contribution in [3.63, 3.8) is 0 Å². The Morgan fingerprint density at radius 1 is 1.29 bits per heavy atom. The lowest BCUT2D eigenvalue weighted by Crippen LogP contribution is -2.21. The number of amides is 1. The number of ether oxygens (including phenoxy) is 1. The van der Waals surface area contributed by atoms with Crippen LogP contribution in [0, 0.1) is 0 Å². The fourth-order valence-electron chi connectivity index (χ4n) is 2.90. The van der Waals surface area contributed by atoms with E-state index < -0.39 is 11.3 Å². The summed E-state index contributed by atoms with van der Waals surface area (Å²) < 4.78 is 13.4. The van der Waals surface area contributed by atoms with Crippen molar-refractivity contribution in [2.45, 2.75) is 6.54 Å². The van der Waals surface area contributed by atoms with Crippen LogP contribution in [0.15, 0.2) is 62.9 Å². The molecule has 0 spiro atoms. The van der Waals surface area contributed by atoms with Gasteiger partial charge < -0.3 is 13.7 Å². The lowest BCUT2D eigenvalue weighted by molar-refractivity contribution is 0.0994. The first kappa shape index (κ1) is 18.6. The van der Waals surface area contributed by atoms with Gasteiger partial charge in [0.15, 0.2) is 4.80 Å². The SMILES string of the molecule is COCCn1c(=NC(=O)c2coc3ccccc3c2=O)sc2cc(Cl)ccc21. The molecular weight excluding hydrogens is 400 g/mol. The maximum absolute atomic E-state index is 12.8. The van der Waals surface area contributed by atoms with E-state index in [1.807, 2.05) is 16.7 Å². The Balaban J connectivity index is 1.86. The van der Waals surface area contributed by atoms with Gasteiger partial charge in [0.1, 0.15) is 17.4 Å². The number of benzene rings is 2. The third kappa shape index (κ3) is 3.40. The molecule has 0 saturated carbocycles. The van der Waals surface area contributed by atoms with E-state index in [-0.39, 0.29) is 5.56 Å². The molecule has 28 heavy (non-hydrogen) atoms. The zero-order chi connectivity index (χ0) is 19.7. The number of nitrogens with zero attached hydrogens (tertiary/aromatic N) is 2. The molecule has 0 radical (unpaired) electrons. The van der Waals surface area contributed by atoms with Gasteiger partial charge in [-0.05, 0) is 30.3 Å². The van der Waals surface area contributed by atoms with Crippen molar-refractivity contribution in [2.24, 2.45) is 4.99 Å². The molecule has 0 saturated heterocycles. The topological polar surface area (TPSA) is 73.8 Å². The van der Waals surface area contributed by atoms with Gasteiger partial charge in [-0.3, -0.25) is 9.59 Å². The van der Waals surface area contributed by atoms with E-state index in [1.54, 1.807) is 37.4 Å². The van der Waals surface area contributed by atoms with E-state index in [4.69, 9.17) is 20.8 Å². The maximum Gasteiger partial charge on any atom is 0.286 e. The summed E-state index contributed by atoms with van der Waals surface area (Å²) in [6, 6.07) is 12.3. The number of halogens is 1. The Labute approximate surface area is 168 Å². The molecule has 2 heterocycles. The molecule has 1 amide bonds. The van der Waals surface area contributed by atoms with E-state index in [9.17, 15) is 9.59 Å². The number of rotatable bonds is 4. The Hall–Kier alpha value is -2.74. The van der Waals surface area contributed by atoms with Crippen molar-refractivity contribution >= 4 is 50.0 Å². The van der Waals surface area contributed by atoms with Gasteiger partial charge in [0.25, 0.3) is 5.91 Å². The van der Waals surface area contributed by atoms with Crippen LogP contribution in [0.5, 0.6) is 0 Å². The molecule has 0 aliphatic carbocycles. The number of para-hydroxylation sites is 1. The molecule has 142 valence electrons. The second-order valence-electron chi connectivity index (χ2n) is 6.03. The molecule has 8 heteroatoms. The summed E-state index contributed by atoms with van der Waals surface area (Å²) in [7, 11) is 1.61. The Morgan fingerprint density at radius 3 is 2.93 bits per heavy atom. The Morgan fingerprint density at radius 2 is 2.11 bits per heavy atom. The Kier molecular flexibility index (Phi) is 5.13. The van der Waals surface area contributed by atoms with Crippen LogP contribution in [0.3, 0.4) is 0 Å². The largest absolute Gasteiger partial charge is 0.463 e. The lowest BCUT2D eigenvalue weighted by atomic mass is 10.2. The highest BCUT2D eigenvalue weighted by atomic mass is 35.5. The van der Waals surface area contributed by atoms with Crippen molar-refractivity contribution in [1.82, 2.24) is 4.57 Å². The molecular formula is C20H15ClN2O4S. The first-order valence-corrected chi connectivity index (χ1v) is 9.65. The fraction of sp³-hybridized carbons (Fsp3) is 0.150. The summed E-state index contributed by atoms with van der Waals surface area (Å²) >= 11 is 7.41. The number of carbonyl (C=O) groups is 1. The molecule has 4 aromatic rings. The van der Waals surface area contributed by atoms with Crippen LogP contribution in [0.25, 0.3) is 21.2 Å². The van der Waals surface area contributed by atoms with E-state index in [1.165, 1.54) is 17.6 Å². The number of hydrogen-bond acceptors (Lipinski definition) is 5. The van der Waals surface area contributed by atoms with E-state index >= 15 is 0 Å². The van der Waals surface area contributed by atoms with Crippen molar-refractivity contribution in [2.75, 3.05) is 13.7 Å². The number of fused-ring (bicyclic) bond motifs is 2. The van der Waals surface area contributed by atoms with Crippen LogP contribution in [-0.4, -0.2) is 24.2 Å². The number of methoxy groups -OCH3 is 1. The van der Waals surface area contributed by atoms with Gasteiger partial charge in [-0.15, -0.1) is 0 Å². The quantitative estimate of drug-likeness (QED) is 0.508. The molecule has 0 fully saturated rings. The summed E-state index contributed by atoms with van der Waals surface area (Å²) in [5, 5.41) is 0.944. The minimum absolute atomic E-state index is 0.104. The lowest BCUT2D eigenvalue weighted by Gasteiger charge is -2.04. The van der Waals surface area contributed by atoms with Crippen LogP contribution < -0.4 is 10.2 Å². The molecule has 6 nitrogen and oxygen atoms in total. The summed E-state index contributed by atoms with van der Waals surface area (Å²) in [5.41, 5.74) is 0.815. The predicted octanol–water partition coefficient (Wildman–Crippen LogP) is 3.85. The van der Waals surface area contributed by atoms with Crippen LogP contribution in [0.2, 0.25) is 5.02 Å². The number of hydrogen-bond donors (Lipinski definition) is 0. The Bertz CT molecular complexity index is 1320. The maximum atomic E-state index is 12.8. The third-order valence-electron chi connectivity index (χ3n) is 4.27. The van der Waals surface area contributed by atoms with Gasteiger partial charge in [-0.2, -0.15) is 4.99 Å². The molecule has 4 rings (SSSR count). The average molecular weight is 415 g/mol. The number of carbonyl (C=O) groups excluding carboxylic acids is 1. The zero-order valence-corrected chi connectivity index (χ0v) is 16.4. The normalized spacial score (nSPS) is 12.1. The molecule has 0 aliphatic rings. The van der Waals surface area contributed by atoms with Gasteiger partial charge in [-0.1, -0.05) is 35.1 Å². The first-order chi connectivity index (χ1) is 13.6. The average Bonchev–Trinajstić information content (AvgIpc) is 3.02. The van der Waals surface area contributed by atoms with Crippen molar-refractivity contribution in [3.05, 3.63) is 74.3 Å². The van der Waals surface area contributed by atoms with Gasteiger partial charge in [0, 0.05) is 18.7 Å². The highest BCUT2D eigenvalue weighted by molar-refractivity contribution is 7.16. The van der Waals surface area contributed by atoms with Gasteiger partial charge in [-0.25, -0.2) is 0 Å². The summed E-state index contributed by atoms with van der Waals surface area (Å²) in [5.74, 6) is -0.650. The van der Waals surface area contributed by atoms with Gasteiger partial charge in [0.2, 0.25) is 5.43 Å². The molecule has 0 aliphatic heterocycles. The second kappa shape index (κ2) is 7.71. The smallest absolute Gasteiger partial charge is 0.286 e. The molecule has 0 atom stereocenters. The fourth-order valence-corrected chi connectivity index (χ4v) is 4.23. The number of aromatic nitrogens is 1. The number of thiazole rings is 1. The highest BCUT2D eigenvalue weighted by Gasteiger charge is 2.15. The van der Waals surface area contributed by atoms with Gasteiger partial charge >= 0.3 is 0 Å². The minimum atomic E-state index is -0.650. The summed E-state index contributed by atoms with van der Waals surface area (Å²) in [6.45, 7) is 0.963. The van der Waals surface area contributed by atoms with E-state index in [0.29, 0.717) is 33.9 Å². The van der Waals surface area contributed by atoms with E-state index in [0.717, 1.165) is 10.2 Å². The van der Waals surface area contributed by atoms with Crippen molar-refractivity contribution in [1.29, 1.82) is 0 Å². The summed E-state index contributed by atoms with van der Waals surface area (Å²) in [4.78, 5) is 30.1. The van der Waals surface area contributed by atoms with E-state index in [2.05, 4.69) is 4.99 Å². The summed E-state index contributed by atoms with van der Waals surface area (Å²) in [6.07, 6.45) is 1.17. The predicted molar refractivity (Wildman–Crippen MR) is 109 cm³/mol. The van der Waals surface area contributed by atoms with Crippen molar-refractivity contribution < 1.29 is 13.9 Å². The van der Waals surface area contributed by atoms with Crippen LogP contribution >= 0.6 is 22.9 Å². The van der Waals surface area contributed by atoms with Crippen LogP contribution in [0.1, 0.15) is 10.4 Å². The van der Waals surface area contributed by atoms with Crippen molar-refractivity contribution in [3.8, 4) is 0 Å². The van der Waals surface area contributed by atoms with Crippen LogP contribution in [-0.2, 0) is 11.3 Å². The molecule has 0 N–H and O–H groups in total. The van der Waals surface area contributed by atoms with Crippen LogP contribution in [0.4, 0.5) is 0 Å². The first-order valence-electron chi connectivity index (χ1n) is 8.46. The van der Waals surface area contributed by atoms with Gasteiger partial charge in [0.05, 0.1) is 22.2 Å². The monoisotopic (exact) mass is 414 g/mol. The molecule has 0 bridgehead atoms. The molecule has 0 unspecified atom stereocenters. The zero-order valence-electron chi connectivity index (χ0n) is 14.8. The standard InChI is InChI=1S/C20H15ClN2O4S/c1-26-9-8-23-15-7-6-12(21)10-17(15)28-20(23)22-19(25)14-11-27-16-5-3-2-4-13(16)18(14)24/h2-7,10-11H,8-9H2,1H3. The molecule has 2 aromatic heterocycles. The third-order valence-corrected chi connectivity index (χ3v) is 5.55. The second-order valence-corrected chi connectivity index (χ2v) is 7.48. The minimum Gasteiger partial charge on any atom is -0.463 e.